The molecule has 3 saturated heterocycles. The van der Waals surface area contributed by atoms with E-state index in [1.54, 1.807) is 6.26 Å². The van der Waals surface area contributed by atoms with Crippen molar-refractivity contribution < 1.29 is 4.42 Å². The zero-order valence-corrected chi connectivity index (χ0v) is 12.4. The van der Waals surface area contributed by atoms with Crippen LogP contribution in [-0.4, -0.2) is 40.4 Å². The lowest BCUT2D eigenvalue weighted by molar-refractivity contribution is 0.0322. The second-order valence-corrected chi connectivity index (χ2v) is 6.33. The molecule has 5 heteroatoms. The molecule has 2 aromatic rings. The van der Waals surface area contributed by atoms with Gasteiger partial charge < -0.3 is 10.2 Å². The van der Waals surface area contributed by atoms with Gasteiger partial charge in [0.2, 0.25) is 0 Å². The lowest BCUT2D eigenvalue weighted by atomic mass is 9.74. The van der Waals surface area contributed by atoms with Crippen LogP contribution < -0.4 is 5.73 Å². The van der Waals surface area contributed by atoms with Crippen molar-refractivity contribution in [3.63, 3.8) is 0 Å². The van der Waals surface area contributed by atoms with Crippen molar-refractivity contribution in [1.82, 2.24) is 14.7 Å². The van der Waals surface area contributed by atoms with Gasteiger partial charge in [0.1, 0.15) is 5.69 Å². The normalized spacial score (nSPS) is 31.7. The van der Waals surface area contributed by atoms with Crippen LogP contribution in [0.1, 0.15) is 24.5 Å². The third-order valence-electron chi connectivity index (χ3n) is 5.22. The molecule has 3 aliphatic rings. The molecule has 5 nitrogen and oxygen atoms in total. The van der Waals surface area contributed by atoms with Crippen LogP contribution >= 0.6 is 0 Å². The highest BCUT2D eigenvalue weighted by molar-refractivity contribution is 5.52. The van der Waals surface area contributed by atoms with E-state index in [4.69, 9.17) is 10.2 Å². The topological polar surface area (TPSA) is 60.2 Å². The molecule has 0 aliphatic carbocycles. The van der Waals surface area contributed by atoms with Crippen molar-refractivity contribution in [1.29, 1.82) is 0 Å². The molecule has 5 heterocycles. The van der Waals surface area contributed by atoms with Crippen LogP contribution in [0.25, 0.3) is 11.5 Å². The van der Waals surface area contributed by atoms with E-state index in [9.17, 15) is 0 Å². The van der Waals surface area contributed by atoms with E-state index in [0.717, 1.165) is 30.5 Å². The van der Waals surface area contributed by atoms with Gasteiger partial charge in [0.15, 0.2) is 5.76 Å². The molecular formula is C16H22N4O. The van der Waals surface area contributed by atoms with Crippen LogP contribution in [0, 0.1) is 5.92 Å². The molecule has 21 heavy (non-hydrogen) atoms. The van der Waals surface area contributed by atoms with Crippen molar-refractivity contribution >= 4 is 0 Å². The standard InChI is InChI=1S/C16H22N4O/c1-19-15(8-14(18-19)16-3-2-6-21-16)13-10-20-5-4-11(13)7-12(20)9-17/h2-3,6,8,11-13H,4-5,7,9-10,17H2,1H3/t11-,12+,13+/m0/s1. The summed E-state index contributed by atoms with van der Waals surface area (Å²) in [4.78, 5) is 2.56. The molecule has 0 spiro atoms. The van der Waals surface area contributed by atoms with Gasteiger partial charge >= 0.3 is 0 Å². The number of piperidine rings is 3. The molecule has 0 radical (unpaired) electrons. The molecule has 1 unspecified atom stereocenters. The lowest BCUT2D eigenvalue weighted by Gasteiger charge is -2.49. The van der Waals surface area contributed by atoms with Crippen LogP contribution in [0.3, 0.4) is 0 Å². The Morgan fingerprint density at radius 2 is 2.38 bits per heavy atom. The first-order valence-corrected chi connectivity index (χ1v) is 7.78. The van der Waals surface area contributed by atoms with Gasteiger partial charge in [-0.25, -0.2) is 0 Å². The Morgan fingerprint density at radius 1 is 1.48 bits per heavy atom. The summed E-state index contributed by atoms with van der Waals surface area (Å²) in [6.07, 6.45) is 4.20. The number of aryl methyl sites for hydroxylation is 1. The van der Waals surface area contributed by atoms with Crippen LogP contribution in [0.5, 0.6) is 0 Å². The summed E-state index contributed by atoms with van der Waals surface area (Å²) in [6, 6.07) is 6.65. The number of rotatable bonds is 3. The zero-order chi connectivity index (χ0) is 14.4. The van der Waals surface area contributed by atoms with Gasteiger partial charge in [-0.3, -0.25) is 9.58 Å². The Labute approximate surface area is 124 Å². The van der Waals surface area contributed by atoms with Crippen molar-refractivity contribution in [2.24, 2.45) is 18.7 Å². The van der Waals surface area contributed by atoms with Crippen LogP contribution in [0.15, 0.2) is 28.9 Å². The fourth-order valence-corrected chi connectivity index (χ4v) is 4.09. The molecule has 2 bridgehead atoms. The molecule has 112 valence electrons. The molecule has 5 rings (SSSR count). The van der Waals surface area contributed by atoms with E-state index in [-0.39, 0.29) is 0 Å². The molecular weight excluding hydrogens is 264 g/mol. The quantitative estimate of drug-likeness (QED) is 0.935. The Balaban J connectivity index is 1.63. The maximum Gasteiger partial charge on any atom is 0.154 e. The van der Waals surface area contributed by atoms with Crippen molar-refractivity contribution in [2.75, 3.05) is 19.6 Å². The minimum absolute atomic E-state index is 0.572. The van der Waals surface area contributed by atoms with Gasteiger partial charge in [0.25, 0.3) is 0 Å². The van der Waals surface area contributed by atoms with E-state index in [1.807, 2.05) is 23.9 Å². The van der Waals surface area contributed by atoms with E-state index < -0.39 is 0 Å². The maximum absolute atomic E-state index is 5.90. The summed E-state index contributed by atoms with van der Waals surface area (Å²) in [5, 5.41) is 4.63. The average Bonchev–Trinajstić information content (AvgIpc) is 3.16. The molecule has 0 aromatic carbocycles. The van der Waals surface area contributed by atoms with Crippen LogP contribution in [0.2, 0.25) is 0 Å². The van der Waals surface area contributed by atoms with Crippen LogP contribution in [-0.2, 0) is 7.05 Å². The number of nitrogens with zero attached hydrogens (tertiary/aromatic N) is 3. The second kappa shape index (κ2) is 5.00. The van der Waals surface area contributed by atoms with Crippen LogP contribution in [0.4, 0.5) is 0 Å². The first-order valence-electron chi connectivity index (χ1n) is 7.78. The van der Waals surface area contributed by atoms with E-state index in [0.29, 0.717) is 12.0 Å². The molecule has 0 amide bonds. The second-order valence-electron chi connectivity index (χ2n) is 6.33. The van der Waals surface area contributed by atoms with E-state index in [2.05, 4.69) is 16.1 Å². The predicted octanol–water partition coefficient (Wildman–Crippen LogP) is 1.82. The van der Waals surface area contributed by atoms with Gasteiger partial charge in [0, 0.05) is 37.8 Å². The fraction of sp³-hybridized carbons (Fsp3) is 0.562. The fourth-order valence-electron chi connectivity index (χ4n) is 4.09. The van der Waals surface area contributed by atoms with Crippen molar-refractivity contribution in [3.8, 4) is 11.5 Å². The summed E-state index contributed by atoms with van der Waals surface area (Å²) in [6.45, 7) is 3.10. The Morgan fingerprint density at radius 3 is 3.05 bits per heavy atom. The van der Waals surface area contributed by atoms with Gasteiger partial charge in [-0.05, 0) is 43.5 Å². The largest absolute Gasteiger partial charge is 0.463 e. The van der Waals surface area contributed by atoms with E-state index >= 15 is 0 Å². The first kappa shape index (κ1) is 13.1. The monoisotopic (exact) mass is 286 g/mol. The van der Waals surface area contributed by atoms with Gasteiger partial charge in [-0.2, -0.15) is 5.10 Å². The summed E-state index contributed by atoms with van der Waals surface area (Å²) in [5.41, 5.74) is 8.16. The summed E-state index contributed by atoms with van der Waals surface area (Å²) in [7, 11) is 2.04. The van der Waals surface area contributed by atoms with Crippen molar-refractivity contribution in [2.45, 2.75) is 24.8 Å². The molecule has 3 aliphatic heterocycles. The highest BCUT2D eigenvalue weighted by Crippen LogP contribution is 2.42. The Hall–Kier alpha value is -1.59. The predicted molar refractivity (Wildman–Crippen MR) is 80.8 cm³/mol. The van der Waals surface area contributed by atoms with Crippen molar-refractivity contribution in [3.05, 3.63) is 30.2 Å². The Bertz CT molecular complexity index is 618. The summed E-state index contributed by atoms with van der Waals surface area (Å²) in [5.74, 6) is 2.16. The lowest BCUT2D eigenvalue weighted by Crippen LogP contribution is -2.55. The smallest absolute Gasteiger partial charge is 0.154 e. The molecule has 2 N–H and O–H groups in total. The third-order valence-corrected chi connectivity index (χ3v) is 5.22. The molecule has 4 atom stereocenters. The highest BCUT2D eigenvalue weighted by Gasteiger charge is 2.41. The minimum atomic E-state index is 0.572. The maximum atomic E-state index is 5.90. The Kier molecular flexibility index (Phi) is 3.12. The molecule has 2 aromatic heterocycles. The number of furan rings is 1. The van der Waals surface area contributed by atoms with Gasteiger partial charge in [0.05, 0.1) is 6.26 Å². The third kappa shape index (κ3) is 2.12. The summed E-state index contributed by atoms with van der Waals surface area (Å²) >= 11 is 0. The number of hydrogen-bond donors (Lipinski definition) is 1. The molecule has 3 fully saturated rings. The number of aromatic nitrogens is 2. The number of hydrogen-bond acceptors (Lipinski definition) is 4. The van der Waals surface area contributed by atoms with Gasteiger partial charge in [-0.15, -0.1) is 0 Å². The summed E-state index contributed by atoms with van der Waals surface area (Å²) < 4.78 is 7.50. The number of fused-ring (bicyclic) bond motifs is 3. The SMILES string of the molecule is Cn1nc(-c2ccco2)cc1[C@@H]1CN2CC[C@H]1C[C@@H]2CN. The highest BCUT2D eigenvalue weighted by atomic mass is 16.3. The average molecular weight is 286 g/mol. The first-order chi connectivity index (χ1) is 10.3. The van der Waals surface area contributed by atoms with Gasteiger partial charge in [-0.1, -0.05) is 0 Å². The number of nitrogens with two attached hydrogens (primary N) is 1. The van der Waals surface area contributed by atoms with E-state index in [1.165, 1.54) is 25.1 Å². The molecule has 0 saturated carbocycles. The minimum Gasteiger partial charge on any atom is -0.463 e. The zero-order valence-electron chi connectivity index (χ0n) is 12.4.